The third-order valence-corrected chi connectivity index (χ3v) is 5.21. The van der Waals surface area contributed by atoms with Gasteiger partial charge in [-0.1, -0.05) is 35.9 Å². The number of nitrogens with one attached hydrogen (secondary N) is 1. The largest absolute Gasteiger partial charge is 0.497 e. The number of benzene rings is 3. The smallest absolute Gasteiger partial charge is 0.248 e. The molecule has 0 fully saturated rings. The molecule has 0 unspecified atom stereocenters. The first-order valence-electron chi connectivity index (χ1n) is 10.4. The molecule has 3 aromatic rings. The van der Waals surface area contributed by atoms with E-state index in [1.807, 2.05) is 48.6 Å². The van der Waals surface area contributed by atoms with Gasteiger partial charge in [0.1, 0.15) is 5.75 Å². The summed E-state index contributed by atoms with van der Waals surface area (Å²) >= 11 is 5.91. The summed E-state index contributed by atoms with van der Waals surface area (Å²) in [4.78, 5) is 12.6. The number of methoxy groups -OCH3 is 4. The number of hydrogen-bond donors (Lipinski definition) is 1. The monoisotopic (exact) mass is 479 g/mol. The maximum atomic E-state index is 12.6. The highest BCUT2D eigenvalue weighted by atomic mass is 35.5. The summed E-state index contributed by atoms with van der Waals surface area (Å²) in [6, 6.07) is 16.4. The molecule has 1 amide bonds. The molecule has 0 aliphatic carbocycles. The lowest BCUT2D eigenvalue weighted by Gasteiger charge is -2.13. The second kappa shape index (κ2) is 11.8. The van der Waals surface area contributed by atoms with Gasteiger partial charge in [0.2, 0.25) is 11.7 Å². The summed E-state index contributed by atoms with van der Waals surface area (Å²) in [5.74, 6) is 1.98. The highest BCUT2D eigenvalue weighted by Crippen LogP contribution is 2.38. The van der Waals surface area contributed by atoms with Gasteiger partial charge in [-0.05, 0) is 59.2 Å². The molecule has 176 valence electrons. The van der Waals surface area contributed by atoms with E-state index >= 15 is 0 Å². The summed E-state index contributed by atoms with van der Waals surface area (Å²) in [6.07, 6.45) is 6.97. The SMILES string of the molecule is COc1ccc(/C=C/c2cc(OC)c(OC)c(OC)c2)c(NC(=O)/C=C/c2ccc(Cl)cc2)c1. The van der Waals surface area contributed by atoms with Crippen LogP contribution in [0.25, 0.3) is 18.2 Å². The van der Waals surface area contributed by atoms with Crippen molar-refractivity contribution in [3.63, 3.8) is 0 Å². The van der Waals surface area contributed by atoms with Crippen LogP contribution in [0.4, 0.5) is 5.69 Å². The molecule has 34 heavy (non-hydrogen) atoms. The minimum absolute atomic E-state index is 0.273. The fourth-order valence-electron chi connectivity index (χ4n) is 3.22. The quantitative estimate of drug-likeness (QED) is 0.292. The molecule has 0 atom stereocenters. The number of hydrogen-bond acceptors (Lipinski definition) is 5. The third kappa shape index (κ3) is 6.33. The molecule has 6 nitrogen and oxygen atoms in total. The Bertz CT molecular complexity index is 1180. The van der Waals surface area contributed by atoms with Gasteiger partial charge in [-0.3, -0.25) is 4.79 Å². The first-order chi connectivity index (χ1) is 16.5. The Morgan fingerprint density at radius 3 is 2.03 bits per heavy atom. The molecule has 0 aromatic heterocycles. The van der Waals surface area contributed by atoms with Crippen LogP contribution in [0.1, 0.15) is 16.7 Å². The second-order valence-corrected chi connectivity index (χ2v) is 7.56. The van der Waals surface area contributed by atoms with Crippen molar-refractivity contribution < 1.29 is 23.7 Å². The highest BCUT2D eigenvalue weighted by molar-refractivity contribution is 6.30. The van der Waals surface area contributed by atoms with E-state index in [-0.39, 0.29) is 5.91 Å². The first-order valence-corrected chi connectivity index (χ1v) is 10.8. The van der Waals surface area contributed by atoms with Gasteiger partial charge in [0.05, 0.1) is 34.1 Å². The number of carbonyl (C=O) groups excluding carboxylic acids is 1. The first kappa shape index (κ1) is 24.7. The fraction of sp³-hybridized carbons (Fsp3) is 0.148. The van der Waals surface area contributed by atoms with Crippen LogP contribution in [0.2, 0.25) is 5.02 Å². The van der Waals surface area contributed by atoms with Gasteiger partial charge in [0.15, 0.2) is 11.5 Å². The van der Waals surface area contributed by atoms with Crippen LogP contribution in [0.5, 0.6) is 23.0 Å². The Kier molecular flexibility index (Phi) is 8.60. The topological polar surface area (TPSA) is 66.0 Å². The van der Waals surface area contributed by atoms with Crippen molar-refractivity contribution in [2.24, 2.45) is 0 Å². The molecule has 0 saturated heterocycles. The van der Waals surface area contributed by atoms with Crippen LogP contribution in [0, 0.1) is 0 Å². The van der Waals surface area contributed by atoms with Crippen LogP contribution < -0.4 is 24.3 Å². The van der Waals surface area contributed by atoms with Crippen LogP contribution in [-0.4, -0.2) is 34.3 Å². The maximum Gasteiger partial charge on any atom is 0.248 e. The summed E-state index contributed by atoms with van der Waals surface area (Å²) in [7, 11) is 6.27. The molecular weight excluding hydrogens is 454 g/mol. The normalized spacial score (nSPS) is 11.0. The van der Waals surface area contributed by atoms with E-state index in [1.54, 1.807) is 52.7 Å². The van der Waals surface area contributed by atoms with Gasteiger partial charge in [-0.2, -0.15) is 0 Å². The molecule has 0 radical (unpaired) electrons. The molecule has 3 rings (SSSR count). The second-order valence-electron chi connectivity index (χ2n) is 7.12. The van der Waals surface area contributed by atoms with Gasteiger partial charge < -0.3 is 24.3 Å². The molecule has 0 bridgehead atoms. The lowest BCUT2D eigenvalue weighted by atomic mass is 10.1. The standard InChI is InChI=1S/C27H26ClNO5/c1-31-22-13-10-20(9-5-19-15-24(32-2)27(34-4)25(16-19)33-3)23(17-22)29-26(30)14-8-18-6-11-21(28)12-7-18/h5-17H,1-4H3,(H,29,30)/b9-5+,14-8+. The van der Waals surface area contributed by atoms with E-state index in [0.29, 0.717) is 33.7 Å². The van der Waals surface area contributed by atoms with Crippen molar-refractivity contribution in [3.05, 3.63) is 82.4 Å². The molecule has 7 heteroatoms. The maximum absolute atomic E-state index is 12.6. The van der Waals surface area contributed by atoms with Gasteiger partial charge in [0, 0.05) is 17.2 Å². The van der Waals surface area contributed by atoms with Crippen LogP contribution in [-0.2, 0) is 4.79 Å². The number of ether oxygens (including phenoxy) is 4. The Morgan fingerprint density at radius 2 is 1.44 bits per heavy atom. The number of anilines is 1. The molecular formula is C27H26ClNO5. The zero-order valence-corrected chi connectivity index (χ0v) is 20.2. The molecule has 0 aliphatic rings. The minimum atomic E-state index is -0.273. The Hall–Kier alpha value is -3.90. The van der Waals surface area contributed by atoms with Gasteiger partial charge in [-0.25, -0.2) is 0 Å². The number of amides is 1. The molecule has 1 N–H and O–H groups in total. The third-order valence-electron chi connectivity index (χ3n) is 4.96. The van der Waals surface area contributed by atoms with Crippen LogP contribution >= 0.6 is 11.6 Å². The highest BCUT2D eigenvalue weighted by Gasteiger charge is 2.12. The van der Waals surface area contributed by atoms with Gasteiger partial charge in [0.25, 0.3) is 0 Å². The van der Waals surface area contributed by atoms with Gasteiger partial charge >= 0.3 is 0 Å². The Labute approximate surface area is 204 Å². The van der Waals surface area contributed by atoms with Crippen molar-refractivity contribution in [3.8, 4) is 23.0 Å². The number of carbonyl (C=O) groups is 1. The summed E-state index contributed by atoms with van der Waals surface area (Å²) in [5, 5.41) is 3.55. The molecule has 3 aromatic carbocycles. The van der Waals surface area contributed by atoms with Crippen molar-refractivity contribution >= 4 is 41.4 Å². The number of halogens is 1. The zero-order chi connectivity index (χ0) is 24.5. The summed E-state index contributed by atoms with van der Waals surface area (Å²) < 4.78 is 21.5. The average molecular weight is 480 g/mol. The average Bonchev–Trinajstić information content (AvgIpc) is 2.86. The van der Waals surface area contributed by atoms with E-state index in [9.17, 15) is 4.79 Å². The van der Waals surface area contributed by atoms with E-state index in [0.717, 1.165) is 16.7 Å². The zero-order valence-electron chi connectivity index (χ0n) is 19.4. The Morgan fingerprint density at radius 1 is 0.765 bits per heavy atom. The van der Waals surface area contributed by atoms with E-state index in [1.165, 1.54) is 6.08 Å². The number of rotatable bonds is 9. The van der Waals surface area contributed by atoms with Crippen molar-refractivity contribution in [2.75, 3.05) is 33.8 Å². The van der Waals surface area contributed by atoms with Crippen LogP contribution in [0.3, 0.4) is 0 Å². The van der Waals surface area contributed by atoms with Gasteiger partial charge in [-0.15, -0.1) is 0 Å². The molecule has 0 spiro atoms. The van der Waals surface area contributed by atoms with E-state index in [4.69, 9.17) is 30.5 Å². The fourth-order valence-corrected chi connectivity index (χ4v) is 3.35. The minimum Gasteiger partial charge on any atom is -0.497 e. The molecule has 0 heterocycles. The summed E-state index contributed by atoms with van der Waals surface area (Å²) in [6.45, 7) is 0. The van der Waals surface area contributed by atoms with E-state index in [2.05, 4.69) is 5.32 Å². The van der Waals surface area contributed by atoms with Crippen molar-refractivity contribution in [1.82, 2.24) is 0 Å². The molecule has 0 aliphatic heterocycles. The lowest BCUT2D eigenvalue weighted by Crippen LogP contribution is -2.09. The van der Waals surface area contributed by atoms with Crippen molar-refractivity contribution in [1.29, 1.82) is 0 Å². The predicted molar refractivity (Wildman–Crippen MR) is 137 cm³/mol. The van der Waals surface area contributed by atoms with Crippen LogP contribution in [0.15, 0.2) is 60.7 Å². The lowest BCUT2D eigenvalue weighted by molar-refractivity contribution is -0.111. The summed E-state index contributed by atoms with van der Waals surface area (Å²) in [5.41, 5.74) is 3.11. The van der Waals surface area contributed by atoms with Crippen molar-refractivity contribution in [2.45, 2.75) is 0 Å². The Balaban J connectivity index is 1.86. The van der Waals surface area contributed by atoms with E-state index < -0.39 is 0 Å². The molecule has 0 saturated carbocycles. The predicted octanol–water partition coefficient (Wildman–Crippen LogP) is 6.20.